The first-order chi connectivity index (χ1) is 9.68. The van der Waals surface area contributed by atoms with Gasteiger partial charge in [0.2, 0.25) is 0 Å². The van der Waals surface area contributed by atoms with Gasteiger partial charge in [0.15, 0.2) is 0 Å². The maximum absolute atomic E-state index is 6.83. The van der Waals surface area contributed by atoms with Crippen molar-refractivity contribution in [3.63, 3.8) is 0 Å². The van der Waals surface area contributed by atoms with Gasteiger partial charge in [0.05, 0.1) is 7.11 Å². The van der Waals surface area contributed by atoms with Crippen LogP contribution in [0, 0.1) is 17.8 Å². The maximum Gasteiger partial charge on any atom is 0.125 e. The van der Waals surface area contributed by atoms with Crippen LogP contribution in [0.3, 0.4) is 0 Å². The monoisotopic (exact) mass is 288 g/mol. The van der Waals surface area contributed by atoms with Crippen LogP contribution >= 0.6 is 11.6 Å². The van der Waals surface area contributed by atoms with Crippen molar-refractivity contribution >= 4 is 17.4 Å². The van der Waals surface area contributed by atoms with Gasteiger partial charge in [0.1, 0.15) is 5.76 Å². The quantitative estimate of drug-likeness (QED) is 0.558. The molecule has 0 heterocycles. The van der Waals surface area contributed by atoms with Crippen molar-refractivity contribution in [3.05, 3.63) is 41.5 Å². The number of halogens is 1. The van der Waals surface area contributed by atoms with Gasteiger partial charge in [-0.15, -0.1) is 11.6 Å². The van der Waals surface area contributed by atoms with Crippen LogP contribution in [0.25, 0.3) is 5.76 Å². The zero-order valence-corrected chi connectivity index (χ0v) is 12.7. The van der Waals surface area contributed by atoms with Gasteiger partial charge in [-0.05, 0) is 55.4 Å². The summed E-state index contributed by atoms with van der Waals surface area (Å²) in [5.41, 5.74) is 2.78. The minimum Gasteiger partial charge on any atom is -0.496 e. The van der Waals surface area contributed by atoms with Crippen LogP contribution in [0.2, 0.25) is 0 Å². The molecule has 4 bridgehead atoms. The summed E-state index contributed by atoms with van der Waals surface area (Å²) in [7, 11) is 1.82. The maximum atomic E-state index is 6.83. The molecule has 4 aliphatic rings. The van der Waals surface area contributed by atoms with E-state index in [2.05, 4.69) is 30.3 Å². The Balaban J connectivity index is 1.79. The summed E-state index contributed by atoms with van der Waals surface area (Å²) in [4.78, 5) is 0.0928. The Morgan fingerprint density at radius 1 is 1.10 bits per heavy atom. The lowest BCUT2D eigenvalue weighted by Gasteiger charge is -2.55. The van der Waals surface area contributed by atoms with Crippen molar-refractivity contribution < 1.29 is 4.74 Å². The Labute approximate surface area is 126 Å². The van der Waals surface area contributed by atoms with Crippen molar-refractivity contribution in [2.75, 3.05) is 7.11 Å². The van der Waals surface area contributed by atoms with Gasteiger partial charge in [0, 0.05) is 10.4 Å². The van der Waals surface area contributed by atoms with Gasteiger partial charge in [0.25, 0.3) is 0 Å². The van der Waals surface area contributed by atoms with E-state index >= 15 is 0 Å². The van der Waals surface area contributed by atoms with E-state index < -0.39 is 0 Å². The fourth-order valence-corrected chi connectivity index (χ4v) is 5.65. The zero-order chi connectivity index (χ0) is 13.7. The number of benzene rings is 1. The number of alkyl halides is 1. The summed E-state index contributed by atoms with van der Waals surface area (Å²) in [6, 6.07) is 10.6. The molecule has 0 aromatic heterocycles. The van der Waals surface area contributed by atoms with Crippen LogP contribution in [-0.4, -0.2) is 12.0 Å². The fourth-order valence-electron chi connectivity index (χ4n) is 5.05. The molecule has 0 radical (unpaired) electrons. The molecule has 20 heavy (non-hydrogen) atoms. The molecule has 5 rings (SSSR count). The Kier molecular flexibility index (Phi) is 2.89. The molecular formula is C18H21ClO. The first kappa shape index (κ1) is 12.8. The lowest BCUT2D eigenvalue weighted by atomic mass is 9.53. The average molecular weight is 289 g/mol. The lowest BCUT2D eigenvalue weighted by Crippen LogP contribution is -2.48. The molecule has 1 aromatic rings. The highest BCUT2D eigenvalue weighted by molar-refractivity contribution is 6.24. The molecule has 4 saturated carbocycles. The second-order valence-corrected chi connectivity index (χ2v) is 7.65. The van der Waals surface area contributed by atoms with Crippen molar-refractivity contribution in [1.82, 2.24) is 0 Å². The van der Waals surface area contributed by atoms with E-state index in [0.29, 0.717) is 11.8 Å². The molecule has 4 aliphatic carbocycles. The molecule has 0 amide bonds. The summed E-state index contributed by atoms with van der Waals surface area (Å²) < 4.78 is 5.83. The Morgan fingerprint density at radius 2 is 1.75 bits per heavy atom. The molecular weight excluding hydrogens is 268 g/mol. The summed E-state index contributed by atoms with van der Waals surface area (Å²) in [6.07, 6.45) is 6.18. The number of hydrogen-bond acceptors (Lipinski definition) is 1. The van der Waals surface area contributed by atoms with Crippen LogP contribution in [0.1, 0.15) is 37.7 Å². The van der Waals surface area contributed by atoms with Crippen molar-refractivity contribution in [2.24, 2.45) is 17.8 Å². The first-order valence-corrected chi connectivity index (χ1v) is 8.09. The third-order valence-corrected chi connectivity index (χ3v) is 5.96. The Hall–Kier alpha value is -0.950. The van der Waals surface area contributed by atoms with E-state index in [9.17, 15) is 0 Å². The van der Waals surface area contributed by atoms with Crippen LogP contribution in [0.5, 0.6) is 0 Å². The van der Waals surface area contributed by atoms with Crippen molar-refractivity contribution in [2.45, 2.75) is 37.0 Å². The molecule has 2 atom stereocenters. The highest BCUT2D eigenvalue weighted by atomic mass is 35.5. The van der Waals surface area contributed by atoms with E-state index in [4.69, 9.17) is 16.3 Å². The molecule has 0 N–H and O–H groups in total. The summed E-state index contributed by atoms with van der Waals surface area (Å²) in [5.74, 6) is 3.27. The number of allylic oxidation sites excluding steroid dienone is 1. The van der Waals surface area contributed by atoms with Crippen molar-refractivity contribution in [1.29, 1.82) is 0 Å². The molecule has 4 fully saturated rings. The van der Waals surface area contributed by atoms with E-state index in [1.54, 1.807) is 5.57 Å². The Morgan fingerprint density at radius 3 is 2.30 bits per heavy atom. The standard InChI is InChI=1S/C18H21ClO/c1-20-17(13-5-3-2-4-6-13)16-14-7-12-8-15(16)11-18(19,9-12)10-14/h2-6,12,14-15H,7-11H2,1H3. The Bertz CT molecular complexity index is 530. The van der Waals surface area contributed by atoms with Gasteiger partial charge in [-0.2, -0.15) is 0 Å². The number of methoxy groups -OCH3 is 1. The third-order valence-electron chi connectivity index (χ3n) is 5.50. The van der Waals surface area contributed by atoms with E-state index in [-0.39, 0.29) is 4.87 Å². The summed E-state index contributed by atoms with van der Waals surface area (Å²) in [5, 5.41) is 0. The second kappa shape index (κ2) is 4.53. The minimum absolute atomic E-state index is 0.0928. The predicted molar refractivity (Wildman–Crippen MR) is 82.5 cm³/mol. The van der Waals surface area contributed by atoms with Gasteiger partial charge in [-0.25, -0.2) is 0 Å². The largest absolute Gasteiger partial charge is 0.496 e. The minimum atomic E-state index is 0.0928. The molecule has 1 nitrogen and oxygen atoms in total. The third kappa shape index (κ3) is 1.90. The molecule has 106 valence electrons. The van der Waals surface area contributed by atoms with E-state index in [0.717, 1.165) is 24.5 Å². The fraction of sp³-hybridized carbons (Fsp3) is 0.556. The SMILES string of the molecule is COC(=C1C2CC3CC1CC(Cl)(C3)C2)c1ccccc1. The van der Waals surface area contributed by atoms with Gasteiger partial charge in [-0.3, -0.25) is 0 Å². The summed E-state index contributed by atoms with van der Waals surface area (Å²) in [6.45, 7) is 0. The highest BCUT2D eigenvalue weighted by Crippen LogP contribution is 2.61. The van der Waals surface area contributed by atoms with E-state index in [1.165, 1.54) is 24.8 Å². The molecule has 1 aromatic carbocycles. The van der Waals surface area contributed by atoms with Crippen molar-refractivity contribution in [3.8, 4) is 0 Å². The number of hydrogen-bond donors (Lipinski definition) is 0. The zero-order valence-electron chi connectivity index (χ0n) is 11.9. The smallest absolute Gasteiger partial charge is 0.125 e. The number of ether oxygens (including phenoxy) is 1. The number of rotatable bonds is 2. The van der Waals surface area contributed by atoms with Crippen LogP contribution in [0.4, 0.5) is 0 Å². The second-order valence-electron chi connectivity index (χ2n) is 6.85. The molecule has 0 spiro atoms. The topological polar surface area (TPSA) is 9.23 Å². The van der Waals surface area contributed by atoms with E-state index in [1.807, 2.05) is 7.11 Å². The van der Waals surface area contributed by atoms with Gasteiger partial charge < -0.3 is 4.74 Å². The molecule has 2 unspecified atom stereocenters. The van der Waals surface area contributed by atoms with Crippen LogP contribution < -0.4 is 0 Å². The van der Waals surface area contributed by atoms with Crippen LogP contribution in [0.15, 0.2) is 35.9 Å². The summed E-state index contributed by atoms with van der Waals surface area (Å²) >= 11 is 6.83. The van der Waals surface area contributed by atoms with Gasteiger partial charge >= 0.3 is 0 Å². The lowest BCUT2D eigenvalue weighted by molar-refractivity contribution is 0.0843. The molecule has 0 saturated heterocycles. The average Bonchev–Trinajstić information content (AvgIpc) is 2.42. The molecule has 2 heteroatoms. The normalized spacial score (nSPS) is 38.1. The van der Waals surface area contributed by atoms with Crippen LogP contribution in [-0.2, 0) is 4.74 Å². The first-order valence-electron chi connectivity index (χ1n) is 7.71. The molecule has 0 aliphatic heterocycles. The van der Waals surface area contributed by atoms with Gasteiger partial charge in [-0.1, -0.05) is 30.3 Å². The predicted octanol–water partition coefficient (Wildman–Crippen LogP) is 4.86. The highest BCUT2D eigenvalue weighted by Gasteiger charge is 2.53.